The molecule has 154 valence electrons. The van der Waals surface area contributed by atoms with E-state index in [1.165, 1.54) is 6.07 Å². The van der Waals surface area contributed by atoms with Crippen molar-refractivity contribution in [1.82, 2.24) is 4.98 Å². The molecule has 6 heteroatoms. The topological polar surface area (TPSA) is 79.7 Å². The van der Waals surface area contributed by atoms with Crippen molar-refractivity contribution in [3.05, 3.63) is 48.2 Å². The molecular formula is C23H28N2O4. The molecule has 1 fully saturated rings. The Morgan fingerprint density at radius 1 is 1.14 bits per heavy atom. The van der Waals surface area contributed by atoms with E-state index in [9.17, 15) is 14.7 Å². The number of hydrogen-bond acceptors (Lipinski definition) is 4. The van der Waals surface area contributed by atoms with Crippen LogP contribution in [0.2, 0.25) is 0 Å². The molecule has 2 aromatic rings. The van der Waals surface area contributed by atoms with Crippen molar-refractivity contribution < 1.29 is 19.4 Å². The Labute approximate surface area is 171 Å². The molecule has 0 spiro atoms. The van der Waals surface area contributed by atoms with E-state index in [0.717, 1.165) is 25.7 Å². The zero-order chi connectivity index (χ0) is 21.0. The maximum atomic E-state index is 13.3. The molecule has 1 aromatic carbocycles. The number of amides is 1. The lowest BCUT2D eigenvalue weighted by atomic mass is 9.82. The summed E-state index contributed by atoms with van der Waals surface area (Å²) in [5, 5.41) is 9.80. The fourth-order valence-corrected chi connectivity index (χ4v) is 3.84. The number of carbonyl (C=O) groups is 2. The molecule has 1 heterocycles. The van der Waals surface area contributed by atoms with Gasteiger partial charge in [-0.1, -0.05) is 13.0 Å². The lowest BCUT2D eigenvalue weighted by Gasteiger charge is -2.34. The highest BCUT2D eigenvalue weighted by molar-refractivity contribution is 6.03. The van der Waals surface area contributed by atoms with Crippen LogP contribution in [0.25, 0.3) is 0 Å². The molecule has 0 aliphatic heterocycles. The Morgan fingerprint density at radius 2 is 1.86 bits per heavy atom. The van der Waals surface area contributed by atoms with Crippen molar-refractivity contribution in [1.29, 1.82) is 0 Å². The fraction of sp³-hybridized carbons (Fsp3) is 0.435. The van der Waals surface area contributed by atoms with Crippen molar-refractivity contribution in [2.45, 2.75) is 52.5 Å². The molecule has 0 unspecified atom stereocenters. The minimum absolute atomic E-state index is 0.00722. The third-order valence-corrected chi connectivity index (χ3v) is 5.44. The molecular weight excluding hydrogens is 368 g/mol. The van der Waals surface area contributed by atoms with Crippen LogP contribution in [0, 0.1) is 11.8 Å². The molecule has 1 aromatic heterocycles. The molecule has 1 aliphatic rings. The summed E-state index contributed by atoms with van der Waals surface area (Å²) in [5.41, 5.74) is 0.453. The predicted molar refractivity (Wildman–Crippen MR) is 111 cm³/mol. The number of carbonyl (C=O) groups excluding carboxylic acids is 1. The fourth-order valence-electron chi connectivity index (χ4n) is 3.84. The highest BCUT2D eigenvalue weighted by Crippen LogP contribution is 2.34. The van der Waals surface area contributed by atoms with E-state index in [0.29, 0.717) is 23.2 Å². The van der Waals surface area contributed by atoms with Gasteiger partial charge in [0.2, 0.25) is 11.8 Å². The molecule has 0 radical (unpaired) electrons. The van der Waals surface area contributed by atoms with E-state index in [2.05, 4.69) is 11.9 Å². The second kappa shape index (κ2) is 9.07. The van der Waals surface area contributed by atoms with E-state index < -0.39 is 5.97 Å². The van der Waals surface area contributed by atoms with E-state index in [1.807, 2.05) is 13.8 Å². The molecule has 1 saturated carbocycles. The third-order valence-electron chi connectivity index (χ3n) is 5.44. The van der Waals surface area contributed by atoms with Crippen molar-refractivity contribution in [2.75, 3.05) is 4.90 Å². The van der Waals surface area contributed by atoms with E-state index in [-0.39, 0.29) is 23.4 Å². The van der Waals surface area contributed by atoms with Gasteiger partial charge in [0.05, 0.1) is 11.3 Å². The van der Waals surface area contributed by atoms with Crippen LogP contribution in [0.15, 0.2) is 42.6 Å². The first-order chi connectivity index (χ1) is 13.9. The maximum absolute atomic E-state index is 13.3. The lowest BCUT2D eigenvalue weighted by Crippen LogP contribution is -2.42. The van der Waals surface area contributed by atoms with Crippen LogP contribution in [-0.2, 0) is 4.79 Å². The summed E-state index contributed by atoms with van der Waals surface area (Å²) in [7, 11) is 0. The van der Waals surface area contributed by atoms with E-state index >= 15 is 0 Å². The van der Waals surface area contributed by atoms with Gasteiger partial charge in [0.25, 0.3) is 0 Å². The van der Waals surface area contributed by atoms with Gasteiger partial charge in [0, 0.05) is 24.2 Å². The highest BCUT2D eigenvalue weighted by Gasteiger charge is 2.32. The number of benzene rings is 1. The van der Waals surface area contributed by atoms with Gasteiger partial charge in [-0.2, -0.15) is 0 Å². The van der Waals surface area contributed by atoms with Crippen LogP contribution in [0.4, 0.5) is 5.69 Å². The maximum Gasteiger partial charge on any atom is 0.337 e. The van der Waals surface area contributed by atoms with Crippen LogP contribution in [-0.4, -0.2) is 28.0 Å². The molecule has 1 amide bonds. The van der Waals surface area contributed by atoms with Gasteiger partial charge in [-0.05, 0) is 69.7 Å². The standard InChI is InChI=1S/C23H28N2O4/c1-15(2)25(22(26)17-9-7-16(3)8-10-17)20-12-11-18(14-19(20)23(27)28)29-21-6-4-5-13-24-21/h4-6,11-17H,7-10H2,1-3H3,(H,27,28). The second-order valence-electron chi connectivity index (χ2n) is 8.01. The van der Waals surface area contributed by atoms with Gasteiger partial charge in [0.15, 0.2) is 0 Å². The molecule has 0 saturated heterocycles. The zero-order valence-electron chi connectivity index (χ0n) is 17.2. The Balaban J connectivity index is 1.91. The Hall–Kier alpha value is -2.89. The first-order valence-corrected chi connectivity index (χ1v) is 10.2. The summed E-state index contributed by atoms with van der Waals surface area (Å²) in [4.78, 5) is 31.0. The normalized spacial score (nSPS) is 19.0. The number of carboxylic acids is 1. The van der Waals surface area contributed by atoms with Gasteiger partial charge in [0.1, 0.15) is 5.75 Å². The summed E-state index contributed by atoms with van der Waals surface area (Å²) >= 11 is 0. The van der Waals surface area contributed by atoms with Crippen LogP contribution in [0.3, 0.4) is 0 Å². The summed E-state index contributed by atoms with van der Waals surface area (Å²) in [5.74, 6) is 0.246. The third kappa shape index (κ3) is 4.94. The monoisotopic (exact) mass is 396 g/mol. The SMILES string of the molecule is CC1CCC(C(=O)N(c2ccc(Oc3ccccn3)cc2C(=O)O)C(C)C)CC1. The number of nitrogens with zero attached hydrogens (tertiary/aromatic N) is 2. The molecule has 1 aliphatic carbocycles. The van der Waals surface area contributed by atoms with Crippen LogP contribution < -0.4 is 9.64 Å². The Morgan fingerprint density at radius 3 is 2.45 bits per heavy atom. The van der Waals surface area contributed by atoms with E-state index in [4.69, 9.17) is 4.74 Å². The molecule has 1 N–H and O–H groups in total. The number of anilines is 1. The summed E-state index contributed by atoms with van der Waals surface area (Å²) in [6.45, 7) is 6.03. The van der Waals surface area contributed by atoms with Crippen molar-refractivity contribution in [3.8, 4) is 11.6 Å². The van der Waals surface area contributed by atoms with Gasteiger partial charge in [-0.3, -0.25) is 4.79 Å². The minimum atomic E-state index is -1.10. The average Bonchev–Trinajstić information content (AvgIpc) is 2.70. The predicted octanol–water partition coefficient (Wildman–Crippen LogP) is 5.14. The smallest absolute Gasteiger partial charge is 0.337 e. The van der Waals surface area contributed by atoms with Crippen LogP contribution in [0.1, 0.15) is 56.8 Å². The zero-order valence-corrected chi connectivity index (χ0v) is 17.2. The summed E-state index contributed by atoms with van der Waals surface area (Å²) in [6, 6.07) is 9.91. The molecule has 29 heavy (non-hydrogen) atoms. The van der Waals surface area contributed by atoms with Gasteiger partial charge in [-0.15, -0.1) is 0 Å². The van der Waals surface area contributed by atoms with Crippen LogP contribution >= 0.6 is 0 Å². The van der Waals surface area contributed by atoms with Crippen molar-refractivity contribution >= 4 is 17.6 Å². The van der Waals surface area contributed by atoms with E-state index in [1.54, 1.807) is 41.4 Å². The highest BCUT2D eigenvalue weighted by atomic mass is 16.5. The van der Waals surface area contributed by atoms with Crippen molar-refractivity contribution in [3.63, 3.8) is 0 Å². The lowest BCUT2D eigenvalue weighted by molar-refractivity contribution is -0.123. The average molecular weight is 396 g/mol. The number of rotatable bonds is 6. The first kappa shape index (κ1) is 20.8. The van der Waals surface area contributed by atoms with Gasteiger partial charge >= 0.3 is 5.97 Å². The molecule has 0 bridgehead atoms. The molecule has 6 nitrogen and oxygen atoms in total. The molecule has 3 rings (SSSR count). The minimum Gasteiger partial charge on any atom is -0.478 e. The Bertz CT molecular complexity index is 858. The molecule has 0 atom stereocenters. The van der Waals surface area contributed by atoms with Crippen LogP contribution in [0.5, 0.6) is 11.6 Å². The number of carboxylic acid groups (broad SMARTS) is 1. The summed E-state index contributed by atoms with van der Waals surface area (Å²) in [6.07, 6.45) is 5.38. The number of hydrogen-bond donors (Lipinski definition) is 1. The first-order valence-electron chi connectivity index (χ1n) is 10.2. The van der Waals surface area contributed by atoms with Crippen molar-refractivity contribution in [2.24, 2.45) is 11.8 Å². The number of pyridine rings is 1. The Kier molecular flexibility index (Phi) is 6.52. The number of aromatic carboxylic acids is 1. The van der Waals surface area contributed by atoms with Gasteiger partial charge < -0.3 is 14.7 Å². The quantitative estimate of drug-likeness (QED) is 0.731. The number of aromatic nitrogens is 1. The van der Waals surface area contributed by atoms with Gasteiger partial charge in [-0.25, -0.2) is 9.78 Å². The largest absolute Gasteiger partial charge is 0.478 e. The second-order valence-corrected chi connectivity index (χ2v) is 8.01. The summed E-state index contributed by atoms with van der Waals surface area (Å²) < 4.78 is 5.68. The number of ether oxygens (including phenoxy) is 1.